The van der Waals surface area contributed by atoms with Crippen LogP contribution in [0.5, 0.6) is 0 Å². The SMILES string of the molecule is [CH2]C(=O)N(CCCCCCC)CCCCCCC. The van der Waals surface area contributed by atoms with E-state index in [2.05, 4.69) is 20.8 Å². The van der Waals surface area contributed by atoms with Gasteiger partial charge in [-0.1, -0.05) is 65.2 Å². The highest BCUT2D eigenvalue weighted by atomic mass is 16.2. The fourth-order valence-corrected chi connectivity index (χ4v) is 2.17. The van der Waals surface area contributed by atoms with Gasteiger partial charge in [0.15, 0.2) is 0 Å². The van der Waals surface area contributed by atoms with Crippen LogP contribution < -0.4 is 0 Å². The van der Waals surface area contributed by atoms with E-state index in [0.717, 1.165) is 25.9 Å². The molecule has 0 aliphatic heterocycles. The summed E-state index contributed by atoms with van der Waals surface area (Å²) in [4.78, 5) is 13.3. The minimum absolute atomic E-state index is 0.000910. The summed E-state index contributed by atoms with van der Waals surface area (Å²) in [5.74, 6) is 0.000910. The van der Waals surface area contributed by atoms with Crippen LogP contribution in [-0.4, -0.2) is 23.9 Å². The number of carbonyl (C=O) groups excluding carboxylic acids is 1. The Bertz CT molecular complexity index is 178. The van der Waals surface area contributed by atoms with Crippen molar-refractivity contribution >= 4 is 5.91 Å². The zero-order chi connectivity index (χ0) is 13.6. The molecule has 1 radical (unpaired) electrons. The molecule has 0 saturated heterocycles. The lowest BCUT2D eigenvalue weighted by atomic mass is 10.1. The zero-order valence-electron chi connectivity index (χ0n) is 12.5. The monoisotopic (exact) mass is 254 g/mol. The quantitative estimate of drug-likeness (QED) is 0.466. The summed E-state index contributed by atoms with van der Waals surface area (Å²) in [7, 11) is 0. The third-order valence-corrected chi connectivity index (χ3v) is 3.42. The van der Waals surface area contributed by atoms with E-state index in [-0.39, 0.29) is 5.91 Å². The molecule has 2 heteroatoms. The highest BCUT2D eigenvalue weighted by molar-refractivity contribution is 5.80. The van der Waals surface area contributed by atoms with Crippen molar-refractivity contribution in [2.75, 3.05) is 13.1 Å². The second-order valence-corrected chi connectivity index (χ2v) is 5.21. The lowest BCUT2D eigenvalue weighted by Crippen LogP contribution is -2.31. The second-order valence-electron chi connectivity index (χ2n) is 5.21. The van der Waals surface area contributed by atoms with Gasteiger partial charge in [-0.25, -0.2) is 0 Å². The molecule has 0 N–H and O–H groups in total. The van der Waals surface area contributed by atoms with E-state index in [4.69, 9.17) is 0 Å². The van der Waals surface area contributed by atoms with Gasteiger partial charge >= 0.3 is 0 Å². The van der Waals surface area contributed by atoms with Crippen LogP contribution in [0, 0.1) is 6.92 Å². The maximum atomic E-state index is 11.4. The first-order valence-corrected chi connectivity index (χ1v) is 7.83. The van der Waals surface area contributed by atoms with Gasteiger partial charge < -0.3 is 4.90 Å². The molecule has 0 rings (SSSR count). The summed E-state index contributed by atoms with van der Waals surface area (Å²) >= 11 is 0. The van der Waals surface area contributed by atoms with Crippen LogP contribution in [0.3, 0.4) is 0 Å². The molecule has 0 aromatic carbocycles. The fourth-order valence-electron chi connectivity index (χ4n) is 2.17. The predicted molar refractivity (Wildman–Crippen MR) is 79.5 cm³/mol. The average Bonchev–Trinajstić information content (AvgIpc) is 2.35. The molecule has 107 valence electrons. The van der Waals surface area contributed by atoms with Gasteiger partial charge in [-0.05, 0) is 12.8 Å². The molecule has 0 unspecified atom stereocenters. The van der Waals surface area contributed by atoms with Crippen molar-refractivity contribution in [2.24, 2.45) is 0 Å². The van der Waals surface area contributed by atoms with Crippen molar-refractivity contribution < 1.29 is 4.79 Å². The van der Waals surface area contributed by atoms with Gasteiger partial charge in [-0.2, -0.15) is 0 Å². The van der Waals surface area contributed by atoms with Gasteiger partial charge in [0.1, 0.15) is 0 Å². The fraction of sp³-hybridized carbons (Fsp3) is 0.875. The Morgan fingerprint density at radius 3 is 1.50 bits per heavy atom. The molecule has 0 atom stereocenters. The first-order valence-electron chi connectivity index (χ1n) is 7.83. The Balaban J connectivity index is 3.56. The summed E-state index contributed by atoms with van der Waals surface area (Å²) in [6.45, 7) is 9.81. The van der Waals surface area contributed by atoms with Crippen molar-refractivity contribution in [1.82, 2.24) is 4.90 Å². The molecule has 1 amide bonds. The first-order chi connectivity index (χ1) is 8.72. The second kappa shape index (κ2) is 12.9. The minimum Gasteiger partial charge on any atom is -0.343 e. The van der Waals surface area contributed by atoms with Crippen LogP contribution in [0.4, 0.5) is 0 Å². The molecule has 2 nitrogen and oxygen atoms in total. The topological polar surface area (TPSA) is 20.3 Å². The van der Waals surface area contributed by atoms with Crippen LogP contribution in [-0.2, 0) is 4.79 Å². The van der Waals surface area contributed by atoms with Crippen molar-refractivity contribution in [3.05, 3.63) is 6.92 Å². The molecule has 0 bridgehead atoms. The summed E-state index contributed by atoms with van der Waals surface area (Å²) < 4.78 is 0. The Kier molecular flexibility index (Phi) is 12.5. The van der Waals surface area contributed by atoms with Crippen molar-refractivity contribution in [2.45, 2.75) is 78.1 Å². The summed E-state index contributed by atoms with van der Waals surface area (Å²) in [5.41, 5.74) is 0. The highest BCUT2D eigenvalue weighted by Gasteiger charge is 2.07. The van der Waals surface area contributed by atoms with E-state index >= 15 is 0 Å². The van der Waals surface area contributed by atoms with Crippen LogP contribution in [0.25, 0.3) is 0 Å². The molecule has 0 saturated carbocycles. The van der Waals surface area contributed by atoms with Gasteiger partial charge in [0.25, 0.3) is 0 Å². The molecule has 0 heterocycles. The van der Waals surface area contributed by atoms with Gasteiger partial charge in [-0.15, -0.1) is 0 Å². The molecular formula is C16H32NO. The zero-order valence-corrected chi connectivity index (χ0v) is 12.5. The van der Waals surface area contributed by atoms with E-state index in [9.17, 15) is 4.79 Å². The smallest absolute Gasteiger partial charge is 0.223 e. The molecule has 0 aromatic heterocycles. The molecular weight excluding hydrogens is 222 g/mol. The largest absolute Gasteiger partial charge is 0.343 e. The Hall–Kier alpha value is -0.530. The van der Waals surface area contributed by atoms with E-state index in [0.29, 0.717) is 0 Å². The number of unbranched alkanes of at least 4 members (excludes halogenated alkanes) is 8. The normalized spacial score (nSPS) is 10.6. The van der Waals surface area contributed by atoms with Gasteiger partial charge in [-0.3, -0.25) is 4.79 Å². The lowest BCUT2D eigenvalue weighted by Gasteiger charge is -2.20. The van der Waals surface area contributed by atoms with Crippen LogP contribution in [0.2, 0.25) is 0 Å². The van der Waals surface area contributed by atoms with E-state index in [1.54, 1.807) is 0 Å². The maximum Gasteiger partial charge on any atom is 0.223 e. The first kappa shape index (κ1) is 17.5. The summed E-state index contributed by atoms with van der Waals surface area (Å²) in [5, 5.41) is 0. The lowest BCUT2D eigenvalue weighted by molar-refractivity contribution is -0.126. The molecule has 0 aliphatic rings. The molecule has 18 heavy (non-hydrogen) atoms. The predicted octanol–water partition coefficient (Wildman–Crippen LogP) is 4.59. The number of amides is 1. The number of hydrogen-bond donors (Lipinski definition) is 0. The number of carbonyl (C=O) groups is 1. The molecule has 0 aliphatic carbocycles. The molecule has 0 aromatic rings. The third-order valence-electron chi connectivity index (χ3n) is 3.42. The van der Waals surface area contributed by atoms with E-state index in [1.807, 2.05) is 4.90 Å². The van der Waals surface area contributed by atoms with Gasteiger partial charge in [0.2, 0.25) is 5.91 Å². The standard InChI is InChI=1S/C16H32NO/c1-4-6-8-10-12-14-17(16(3)18)15-13-11-9-7-5-2/h3-15H2,1-2H3. The van der Waals surface area contributed by atoms with Crippen molar-refractivity contribution in [1.29, 1.82) is 0 Å². The Morgan fingerprint density at radius 2 is 1.17 bits per heavy atom. The van der Waals surface area contributed by atoms with Crippen LogP contribution >= 0.6 is 0 Å². The van der Waals surface area contributed by atoms with Gasteiger partial charge in [0, 0.05) is 20.0 Å². The van der Waals surface area contributed by atoms with Crippen molar-refractivity contribution in [3.8, 4) is 0 Å². The molecule has 0 fully saturated rings. The number of nitrogens with zero attached hydrogens (tertiary/aromatic N) is 1. The Labute approximate surface area is 114 Å². The van der Waals surface area contributed by atoms with Crippen LogP contribution in [0.15, 0.2) is 0 Å². The number of hydrogen-bond acceptors (Lipinski definition) is 1. The third kappa shape index (κ3) is 10.6. The maximum absolute atomic E-state index is 11.4. The van der Waals surface area contributed by atoms with E-state index < -0.39 is 0 Å². The van der Waals surface area contributed by atoms with Crippen LogP contribution in [0.1, 0.15) is 78.1 Å². The molecule has 0 spiro atoms. The van der Waals surface area contributed by atoms with Gasteiger partial charge in [0.05, 0.1) is 0 Å². The van der Waals surface area contributed by atoms with Crippen molar-refractivity contribution in [3.63, 3.8) is 0 Å². The summed E-state index contributed by atoms with van der Waals surface area (Å²) in [6, 6.07) is 0. The summed E-state index contributed by atoms with van der Waals surface area (Å²) in [6.07, 6.45) is 12.5. The highest BCUT2D eigenvalue weighted by Crippen LogP contribution is 2.07. The Morgan fingerprint density at radius 1 is 0.778 bits per heavy atom. The minimum atomic E-state index is 0.000910. The number of rotatable bonds is 12. The average molecular weight is 254 g/mol. The van der Waals surface area contributed by atoms with E-state index in [1.165, 1.54) is 51.4 Å².